The van der Waals surface area contributed by atoms with Crippen molar-refractivity contribution in [1.29, 1.82) is 0 Å². The molecule has 0 radical (unpaired) electrons. The van der Waals surface area contributed by atoms with Gasteiger partial charge in [0.2, 0.25) is 5.95 Å². The molecule has 0 atom stereocenters. The van der Waals surface area contributed by atoms with Gasteiger partial charge in [-0.15, -0.1) is 11.3 Å². The fourth-order valence-electron chi connectivity index (χ4n) is 4.31. The first-order chi connectivity index (χ1) is 15.6. The summed E-state index contributed by atoms with van der Waals surface area (Å²) in [6.45, 7) is 3.77. The first kappa shape index (κ1) is 20.9. The zero-order chi connectivity index (χ0) is 21.9. The van der Waals surface area contributed by atoms with Crippen molar-refractivity contribution in [2.75, 3.05) is 30.7 Å². The minimum atomic E-state index is -0.215. The normalized spacial score (nSPS) is 15.4. The molecular weight excluding hydrogens is 423 g/mol. The highest BCUT2D eigenvalue weighted by molar-refractivity contribution is 7.13. The van der Waals surface area contributed by atoms with Crippen molar-refractivity contribution in [1.82, 2.24) is 19.4 Å². The number of fused-ring (bicyclic) bond motifs is 1. The molecule has 0 aliphatic carbocycles. The van der Waals surface area contributed by atoms with E-state index in [4.69, 9.17) is 10.7 Å². The topological polar surface area (TPSA) is 72.0 Å². The number of anilines is 2. The van der Waals surface area contributed by atoms with Gasteiger partial charge in [0.15, 0.2) is 5.13 Å². The highest BCUT2D eigenvalue weighted by Crippen LogP contribution is 2.24. The quantitative estimate of drug-likeness (QED) is 0.437. The number of thiazole rings is 1. The van der Waals surface area contributed by atoms with Gasteiger partial charge in [0.05, 0.1) is 23.3 Å². The summed E-state index contributed by atoms with van der Waals surface area (Å²) in [7, 11) is 0. The van der Waals surface area contributed by atoms with Gasteiger partial charge >= 0.3 is 0 Å². The molecule has 6 nitrogen and oxygen atoms in total. The summed E-state index contributed by atoms with van der Waals surface area (Å²) in [5.74, 6) is 0.666. The monoisotopic (exact) mass is 450 g/mol. The molecule has 0 unspecified atom stereocenters. The van der Waals surface area contributed by atoms with Crippen LogP contribution in [0.4, 0.5) is 15.5 Å². The number of hydrogen-bond acceptors (Lipinski definition) is 6. The van der Waals surface area contributed by atoms with Gasteiger partial charge in [-0.3, -0.25) is 0 Å². The second-order valence-electron chi connectivity index (χ2n) is 8.32. The molecule has 2 aromatic heterocycles. The Morgan fingerprint density at radius 1 is 1.06 bits per heavy atom. The third-order valence-electron chi connectivity index (χ3n) is 6.08. The molecule has 1 aliphatic heterocycles. The lowest BCUT2D eigenvalue weighted by Gasteiger charge is -2.32. The minimum Gasteiger partial charge on any atom is -0.375 e. The van der Waals surface area contributed by atoms with E-state index >= 15 is 0 Å². The fraction of sp³-hybridized carbons (Fsp3) is 0.333. The molecular formula is C24H27FN6S. The van der Waals surface area contributed by atoms with E-state index in [9.17, 15) is 4.39 Å². The maximum Gasteiger partial charge on any atom is 0.204 e. The van der Waals surface area contributed by atoms with E-state index in [1.54, 1.807) is 0 Å². The largest absolute Gasteiger partial charge is 0.375 e. The molecule has 32 heavy (non-hydrogen) atoms. The van der Waals surface area contributed by atoms with Crippen LogP contribution < -0.4 is 11.1 Å². The highest BCUT2D eigenvalue weighted by atomic mass is 32.1. The minimum absolute atomic E-state index is 0.215. The predicted octanol–water partition coefficient (Wildman–Crippen LogP) is 4.38. The Hall–Kier alpha value is -2.97. The van der Waals surface area contributed by atoms with Gasteiger partial charge in [-0.1, -0.05) is 24.3 Å². The average molecular weight is 451 g/mol. The zero-order valence-electron chi connectivity index (χ0n) is 17.9. The number of nitrogens with two attached hydrogens (primary N) is 1. The van der Waals surface area contributed by atoms with Gasteiger partial charge in [-0.2, -0.15) is 0 Å². The number of nitrogens with one attached hydrogen (secondary N) is 1. The summed E-state index contributed by atoms with van der Waals surface area (Å²) in [6.07, 6.45) is 3.08. The van der Waals surface area contributed by atoms with E-state index in [2.05, 4.69) is 31.2 Å². The van der Waals surface area contributed by atoms with Gasteiger partial charge in [-0.05, 0) is 42.7 Å². The van der Waals surface area contributed by atoms with E-state index in [0.29, 0.717) is 17.7 Å². The molecule has 0 bridgehead atoms. The Balaban J connectivity index is 1.24. The Kier molecular flexibility index (Phi) is 6.05. The number of rotatable bonds is 7. The van der Waals surface area contributed by atoms with Gasteiger partial charge in [-0.25, -0.2) is 14.4 Å². The number of aromatic nitrogens is 3. The smallest absolute Gasteiger partial charge is 0.204 e. The van der Waals surface area contributed by atoms with Crippen LogP contribution in [0.25, 0.3) is 11.0 Å². The third kappa shape index (κ3) is 4.76. The van der Waals surface area contributed by atoms with E-state index in [0.717, 1.165) is 67.1 Å². The molecule has 0 amide bonds. The molecule has 1 saturated heterocycles. The SMILES string of the molecule is Nc1nc(CCN2CCC(Nc3nc4ccccc4n3Cc3ccc(F)cc3)CC2)cs1. The first-order valence-corrected chi connectivity index (χ1v) is 11.9. The second kappa shape index (κ2) is 9.26. The van der Waals surface area contributed by atoms with Crippen LogP contribution in [0.3, 0.4) is 0 Å². The lowest BCUT2D eigenvalue weighted by Crippen LogP contribution is -2.40. The summed E-state index contributed by atoms with van der Waals surface area (Å²) in [5, 5.41) is 6.39. The van der Waals surface area contributed by atoms with Gasteiger partial charge in [0.25, 0.3) is 0 Å². The number of halogens is 1. The molecule has 3 N–H and O–H groups in total. The van der Waals surface area contributed by atoms with Crippen LogP contribution in [0, 0.1) is 5.82 Å². The summed E-state index contributed by atoms with van der Waals surface area (Å²) in [5.41, 5.74) is 9.92. The molecule has 8 heteroatoms. The number of para-hydroxylation sites is 2. The number of nitrogen functional groups attached to an aromatic ring is 1. The van der Waals surface area contributed by atoms with E-state index in [1.807, 2.05) is 30.3 Å². The van der Waals surface area contributed by atoms with Crippen LogP contribution in [-0.4, -0.2) is 45.1 Å². The van der Waals surface area contributed by atoms with Gasteiger partial charge in [0, 0.05) is 37.5 Å². The highest BCUT2D eigenvalue weighted by Gasteiger charge is 2.21. The molecule has 4 aromatic rings. The molecule has 0 saturated carbocycles. The van der Waals surface area contributed by atoms with Crippen molar-refractivity contribution < 1.29 is 4.39 Å². The maximum atomic E-state index is 13.3. The van der Waals surface area contributed by atoms with Crippen LogP contribution in [0.5, 0.6) is 0 Å². The van der Waals surface area contributed by atoms with Crippen molar-refractivity contribution in [2.45, 2.75) is 31.8 Å². The number of imidazole rings is 1. The molecule has 5 rings (SSSR count). The van der Waals surface area contributed by atoms with E-state index < -0.39 is 0 Å². The fourth-order valence-corrected chi connectivity index (χ4v) is 4.91. The lowest BCUT2D eigenvalue weighted by molar-refractivity contribution is 0.220. The lowest BCUT2D eigenvalue weighted by atomic mass is 10.0. The van der Waals surface area contributed by atoms with Crippen LogP contribution in [0.1, 0.15) is 24.1 Å². The Labute approximate surface area is 190 Å². The Bertz CT molecular complexity index is 1180. The second-order valence-corrected chi connectivity index (χ2v) is 9.21. The summed E-state index contributed by atoms with van der Waals surface area (Å²) < 4.78 is 15.5. The summed E-state index contributed by atoms with van der Waals surface area (Å²) in [6, 6.07) is 15.2. The molecule has 1 fully saturated rings. The van der Waals surface area contributed by atoms with Crippen molar-refractivity contribution in [3.05, 3.63) is 71.0 Å². The molecule has 0 spiro atoms. The summed E-state index contributed by atoms with van der Waals surface area (Å²) in [4.78, 5) is 11.7. The van der Waals surface area contributed by atoms with Gasteiger partial charge in [0.1, 0.15) is 5.82 Å². The molecule has 2 aromatic carbocycles. The number of likely N-dealkylation sites (tertiary alicyclic amines) is 1. The number of benzene rings is 2. The Morgan fingerprint density at radius 2 is 1.84 bits per heavy atom. The average Bonchev–Trinajstić information content (AvgIpc) is 3.38. The van der Waals surface area contributed by atoms with Crippen LogP contribution in [0.15, 0.2) is 53.9 Å². The maximum absolute atomic E-state index is 13.3. The van der Waals surface area contributed by atoms with Crippen LogP contribution in [-0.2, 0) is 13.0 Å². The van der Waals surface area contributed by atoms with Gasteiger partial charge < -0.3 is 20.5 Å². The van der Waals surface area contributed by atoms with Crippen molar-refractivity contribution in [2.24, 2.45) is 0 Å². The van der Waals surface area contributed by atoms with E-state index in [1.165, 1.54) is 23.5 Å². The van der Waals surface area contributed by atoms with Crippen molar-refractivity contribution in [3.63, 3.8) is 0 Å². The first-order valence-electron chi connectivity index (χ1n) is 11.0. The van der Waals surface area contributed by atoms with Crippen LogP contribution >= 0.6 is 11.3 Å². The van der Waals surface area contributed by atoms with Crippen molar-refractivity contribution in [3.8, 4) is 0 Å². The number of hydrogen-bond donors (Lipinski definition) is 2. The zero-order valence-corrected chi connectivity index (χ0v) is 18.7. The number of piperidine rings is 1. The standard InChI is InChI=1S/C24H27FN6S/c25-18-7-5-17(6-8-18)15-31-22-4-2-1-3-21(22)29-24(31)28-19-9-12-30(13-10-19)14-11-20-16-32-23(26)27-20/h1-8,16,19H,9-15H2,(H2,26,27)(H,28,29). The van der Waals surface area contributed by atoms with Crippen molar-refractivity contribution >= 4 is 33.5 Å². The predicted molar refractivity (Wildman–Crippen MR) is 129 cm³/mol. The number of nitrogens with zero attached hydrogens (tertiary/aromatic N) is 4. The molecule has 166 valence electrons. The molecule has 1 aliphatic rings. The van der Waals surface area contributed by atoms with Crippen LogP contribution in [0.2, 0.25) is 0 Å². The molecule has 3 heterocycles. The third-order valence-corrected chi connectivity index (χ3v) is 6.81. The summed E-state index contributed by atoms with van der Waals surface area (Å²) >= 11 is 1.51. The van der Waals surface area contributed by atoms with E-state index in [-0.39, 0.29) is 5.82 Å². The Morgan fingerprint density at radius 3 is 2.59 bits per heavy atom.